The quantitative estimate of drug-likeness (QED) is 0.360. The topological polar surface area (TPSA) is 114 Å². The molecule has 3 rings (SSSR count). The molecule has 11 heteroatoms. The van der Waals surface area contributed by atoms with Crippen molar-refractivity contribution >= 4 is 21.8 Å². The maximum absolute atomic E-state index is 13.2. The molecule has 1 fully saturated rings. The van der Waals surface area contributed by atoms with E-state index >= 15 is 0 Å². The van der Waals surface area contributed by atoms with E-state index in [9.17, 15) is 18.0 Å². The van der Waals surface area contributed by atoms with Gasteiger partial charge in [0.2, 0.25) is 15.9 Å². The predicted molar refractivity (Wildman–Crippen MR) is 142 cm³/mol. The van der Waals surface area contributed by atoms with Crippen molar-refractivity contribution < 1.29 is 32.2 Å². The van der Waals surface area contributed by atoms with Crippen molar-refractivity contribution in [1.29, 1.82) is 0 Å². The Morgan fingerprint density at radius 1 is 1.08 bits per heavy atom. The molecule has 10 nitrogen and oxygen atoms in total. The molecule has 1 atom stereocenters. The van der Waals surface area contributed by atoms with Gasteiger partial charge in [-0.1, -0.05) is 30.3 Å². The summed E-state index contributed by atoms with van der Waals surface area (Å²) < 4.78 is 43.2. The predicted octanol–water partition coefficient (Wildman–Crippen LogP) is 2.05. The zero-order chi connectivity index (χ0) is 27.4. The van der Waals surface area contributed by atoms with Gasteiger partial charge in [-0.25, -0.2) is 8.42 Å². The number of morpholine rings is 1. The van der Waals surface area contributed by atoms with E-state index in [1.807, 2.05) is 37.3 Å². The monoisotopic (exact) mass is 547 g/mol. The normalized spacial score (nSPS) is 15.0. The molecule has 0 spiro atoms. The van der Waals surface area contributed by atoms with Gasteiger partial charge in [-0.3, -0.25) is 9.59 Å². The van der Waals surface area contributed by atoms with Crippen molar-refractivity contribution in [1.82, 2.24) is 14.5 Å². The van der Waals surface area contributed by atoms with Crippen molar-refractivity contribution in [2.75, 3.05) is 52.7 Å². The van der Waals surface area contributed by atoms with E-state index in [0.29, 0.717) is 58.2 Å². The van der Waals surface area contributed by atoms with E-state index in [1.54, 1.807) is 6.92 Å². The SMILES string of the molecule is CCOCCCNC(=O)C(C)N(Cc1ccccc1)C(=O)COc1ccc(S(=O)(=O)N2CCOCC2)cc1. The van der Waals surface area contributed by atoms with Crippen LogP contribution in [0.4, 0.5) is 0 Å². The Morgan fingerprint density at radius 2 is 1.76 bits per heavy atom. The number of nitrogens with one attached hydrogen (secondary N) is 1. The summed E-state index contributed by atoms with van der Waals surface area (Å²) in [6.07, 6.45) is 0.680. The van der Waals surface area contributed by atoms with Gasteiger partial charge in [0, 0.05) is 39.4 Å². The Kier molecular flexibility index (Phi) is 11.5. The fourth-order valence-electron chi connectivity index (χ4n) is 3.91. The molecule has 2 amide bonds. The van der Waals surface area contributed by atoms with E-state index in [-0.39, 0.29) is 29.9 Å². The molecular formula is C27H37N3O7S. The fraction of sp³-hybridized carbons (Fsp3) is 0.481. The Labute approximate surface area is 224 Å². The van der Waals surface area contributed by atoms with Crippen LogP contribution in [0.3, 0.4) is 0 Å². The number of ether oxygens (including phenoxy) is 3. The number of carbonyl (C=O) groups is 2. The van der Waals surface area contributed by atoms with Gasteiger partial charge in [0.15, 0.2) is 6.61 Å². The molecule has 1 aliphatic rings. The molecule has 2 aromatic rings. The zero-order valence-corrected chi connectivity index (χ0v) is 22.8. The Hall–Kier alpha value is -2.99. The van der Waals surface area contributed by atoms with Crippen molar-refractivity contribution in [3.63, 3.8) is 0 Å². The van der Waals surface area contributed by atoms with Crippen molar-refractivity contribution in [2.24, 2.45) is 0 Å². The molecular weight excluding hydrogens is 510 g/mol. The fourth-order valence-corrected chi connectivity index (χ4v) is 5.32. The summed E-state index contributed by atoms with van der Waals surface area (Å²) in [5.41, 5.74) is 0.884. The second kappa shape index (κ2) is 14.8. The number of amides is 2. The first kappa shape index (κ1) is 29.6. The highest BCUT2D eigenvalue weighted by Gasteiger charge is 2.28. The molecule has 1 heterocycles. The number of benzene rings is 2. The average Bonchev–Trinajstić information content (AvgIpc) is 2.95. The number of carbonyl (C=O) groups excluding carboxylic acids is 2. The van der Waals surface area contributed by atoms with Crippen molar-refractivity contribution in [3.8, 4) is 5.75 Å². The molecule has 1 saturated heterocycles. The molecule has 1 N–H and O–H groups in total. The zero-order valence-electron chi connectivity index (χ0n) is 22.0. The van der Waals surface area contributed by atoms with Crippen molar-refractivity contribution in [3.05, 3.63) is 60.2 Å². The molecule has 208 valence electrons. The van der Waals surface area contributed by atoms with Crippen LogP contribution in [0.5, 0.6) is 5.75 Å². The first-order chi connectivity index (χ1) is 18.3. The lowest BCUT2D eigenvalue weighted by Gasteiger charge is -2.29. The molecule has 0 bridgehead atoms. The third-order valence-electron chi connectivity index (χ3n) is 6.13. The first-order valence-corrected chi connectivity index (χ1v) is 14.3. The minimum absolute atomic E-state index is 0.151. The summed E-state index contributed by atoms with van der Waals surface area (Å²) in [5, 5.41) is 2.86. The molecule has 0 aromatic heterocycles. The first-order valence-electron chi connectivity index (χ1n) is 12.8. The molecule has 0 aliphatic carbocycles. The summed E-state index contributed by atoms with van der Waals surface area (Å²) in [6.45, 7) is 6.52. The largest absolute Gasteiger partial charge is 0.484 e. The van der Waals surface area contributed by atoms with Crippen LogP contribution in [0.1, 0.15) is 25.8 Å². The number of sulfonamides is 1. The molecule has 2 aromatic carbocycles. The van der Waals surface area contributed by atoms with Gasteiger partial charge in [0.1, 0.15) is 11.8 Å². The molecule has 0 saturated carbocycles. The minimum Gasteiger partial charge on any atom is -0.484 e. The maximum Gasteiger partial charge on any atom is 0.261 e. The van der Waals surface area contributed by atoms with Crippen LogP contribution in [0.15, 0.2) is 59.5 Å². The highest BCUT2D eigenvalue weighted by molar-refractivity contribution is 7.89. The third kappa shape index (κ3) is 8.52. The van der Waals surface area contributed by atoms with Crippen LogP contribution in [0, 0.1) is 0 Å². The minimum atomic E-state index is -3.62. The lowest BCUT2D eigenvalue weighted by Crippen LogP contribution is -2.49. The number of rotatable bonds is 14. The van der Waals surface area contributed by atoms with Crippen LogP contribution in [0.25, 0.3) is 0 Å². The third-order valence-corrected chi connectivity index (χ3v) is 8.04. The van der Waals surface area contributed by atoms with Crippen LogP contribution in [-0.2, 0) is 35.6 Å². The van der Waals surface area contributed by atoms with Gasteiger partial charge in [-0.05, 0) is 50.1 Å². The highest BCUT2D eigenvalue weighted by atomic mass is 32.2. The summed E-state index contributed by atoms with van der Waals surface area (Å²) in [7, 11) is -3.62. The van der Waals surface area contributed by atoms with E-state index in [2.05, 4.69) is 5.32 Å². The van der Waals surface area contributed by atoms with Gasteiger partial charge in [-0.15, -0.1) is 0 Å². The van der Waals surface area contributed by atoms with Crippen LogP contribution >= 0.6 is 0 Å². The van der Waals surface area contributed by atoms with E-state index in [1.165, 1.54) is 33.5 Å². The molecule has 1 unspecified atom stereocenters. The lowest BCUT2D eigenvalue weighted by molar-refractivity contribution is -0.142. The number of hydrogen-bond acceptors (Lipinski definition) is 7. The van der Waals surface area contributed by atoms with Crippen molar-refractivity contribution in [2.45, 2.75) is 37.8 Å². The van der Waals surface area contributed by atoms with Crippen LogP contribution in [0.2, 0.25) is 0 Å². The standard InChI is InChI=1S/C27H37N3O7S/c1-3-35-17-7-14-28-27(32)22(2)30(20-23-8-5-4-6-9-23)26(31)21-37-24-10-12-25(13-11-24)38(33,34)29-15-18-36-19-16-29/h4-6,8-13,22H,3,7,14-21H2,1-2H3,(H,28,32). The van der Waals surface area contributed by atoms with Gasteiger partial charge in [-0.2, -0.15) is 4.31 Å². The van der Waals surface area contributed by atoms with Gasteiger partial charge >= 0.3 is 0 Å². The van der Waals surface area contributed by atoms with E-state index < -0.39 is 16.1 Å². The van der Waals surface area contributed by atoms with Gasteiger partial charge in [0.05, 0.1) is 18.1 Å². The molecule has 1 aliphatic heterocycles. The van der Waals surface area contributed by atoms with Gasteiger partial charge < -0.3 is 24.4 Å². The molecule has 0 radical (unpaired) electrons. The highest BCUT2D eigenvalue weighted by Crippen LogP contribution is 2.21. The summed E-state index contributed by atoms with van der Waals surface area (Å²) in [4.78, 5) is 27.6. The van der Waals surface area contributed by atoms with Crippen LogP contribution < -0.4 is 10.1 Å². The number of nitrogens with zero attached hydrogens (tertiary/aromatic N) is 2. The summed E-state index contributed by atoms with van der Waals surface area (Å²) >= 11 is 0. The average molecular weight is 548 g/mol. The van der Waals surface area contributed by atoms with Gasteiger partial charge in [0.25, 0.3) is 5.91 Å². The van der Waals surface area contributed by atoms with Crippen LogP contribution in [-0.4, -0.2) is 88.1 Å². The summed E-state index contributed by atoms with van der Waals surface area (Å²) in [6, 6.07) is 14.7. The second-order valence-electron chi connectivity index (χ2n) is 8.80. The molecule has 38 heavy (non-hydrogen) atoms. The summed E-state index contributed by atoms with van der Waals surface area (Å²) in [5.74, 6) is -0.272. The maximum atomic E-state index is 13.2. The number of hydrogen-bond donors (Lipinski definition) is 1. The van der Waals surface area contributed by atoms with E-state index in [0.717, 1.165) is 5.56 Å². The van der Waals surface area contributed by atoms with E-state index in [4.69, 9.17) is 14.2 Å². The Morgan fingerprint density at radius 3 is 2.42 bits per heavy atom. The lowest BCUT2D eigenvalue weighted by atomic mass is 10.1. The second-order valence-corrected chi connectivity index (χ2v) is 10.7. The smallest absolute Gasteiger partial charge is 0.261 e. The Balaban J connectivity index is 1.62. The Bertz CT molecular complexity index is 1120.